The van der Waals surface area contributed by atoms with Crippen molar-refractivity contribution in [3.63, 3.8) is 0 Å². The maximum atomic E-state index is 12.9. The Morgan fingerprint density at radius 1 is 1.27 bits per heavy atom. The Morgan fingerprint density at radius 2 is 2.18 bits per heavy atom. The van der Waals surface area contributed by atoms with E-state index in [4.69, 9.17) is 16.3 Å². The summed E-state index contributed by atoms with van der Waals surface area (Å²) in [7, 11) is 1.57. The van der Waals surface area contributed by atoms with E-state index in [1.807, 2.05) is 18.2 Å². The van der Waals surface area contributed by atoms with Gasteiger partial charge in [0.1, 0.15) is 0 Å². The third-order valence-electron chi connectivity index (χ3n) is 5.93. The van der Waals surface area contributed by atoms with Gasteiger partial charge in [-0.25, -0.2) is 0 Å². The Balaban J connectivity index is 1.64. The smallest absolute Gasteiger partial charge is 0.255 e. The number of H-pyrrole nitrogens is 1. The Hall–Kier alpha value is -3.47. The molecule has 0 spiro atoms. The van der Waals surface area contributed by atoms with Crippen LogP contribution in [0, 0.1) is 11.8 Å². The topological polar surface area (TPSA) is 91.1 Å². The molecule has 7 nitrogen and oxygen atoms in total. The molecule has 168 valence electrons. The molecule has 1 fully saturated rings. The van der Waals surface area contributed by atoms with Gasteiger partial charge in [0.05, 0.1) is 46.4 Å². The van der Waals surface area contributed by atoms with Gasteiger partial charge in [0.2, 0.25) is 0 Å². The predicted molar refractivity (Wildman–Crippen MR) is 129 cm³/mol. The number of pyridine rings is 1. The first-order chi connectivity index (χ1) is 16.2. The van der Waals surface area contributed by atoms with Crippen molar-refractivity contribution in [3.05, 3.63) is 58.5 Å². The Morgan fingerprint density at radius 3 is 3.00 bits per heavy atom. The van der Waals surface area contributed by atoms with Gasteiger partial charge in [0.25, 0.3) is 5.91 Å². The van der Waals surface area contributed by atoms with E-state index in [0.717, 1.165) is 41.9 Å². The molecule has 1 atom stereocenters. The standard InChI is InChI=1S/C25H24ClN5O2/c1-33-24-18(26)5-2-6-20(24)31-23-21-19(10-13-29-25(21)32)30-22(23)17-9-12-27-14-15(17)7-8-16-4-3-11-28-16/h2,5-6,9,12,14,16,28,30-31H,3-4,10-11,13H2,1H3,(H,29,32)/t16-/m1/s1. The summed E-state index contributed by atoms with van der Waals surface area (Å²) in [6, 6.07) is 7.58. The number of fused-ring (bicyclic) bond motifs is 1. The van der Waals surface area contributed by atoms with Crippen LogP contribution in [0.5, 0.6) is 5.75 Å². The van der Waals surface area contributed by atoms with Gasteiger partial charge in [-0.2, -0.15) is 0 Å². The fourth-order valence-corrected chi connectivity index (χ4v) is 4.59. The van der Waals surface area contributed by atoms with Gasteiger partial charge < -0.3 is 25.7 Å². The fourth-order valence-electron chi connectivity index (χ4n) is 4.34. The number of nitrogens with zero attached hydrogens (tertiary/aromatic N) is 1. The molecule has 4 N–H and O–H groups in total. The summed E-state index contributed by atoms with van der Waals surface area (Å²) >= 11 is 6.34. The number of hydrogen-bond donors (Lipinski definition) is 4. The maximum absolute atomic E-state index is 12.9. The highest BCUT2D eigenvalue weighted by Crippen LogP contribution is 2.41. The third kappa shape index (κ3) is 4.15. The van der Waals surface area contributed by atoms with E-state index in [9.17, 15) is 4.79 Å². The van der Waals surface area contributed by atoms with Crippen molar-refractivity contribution in [3.8, 4) is 28.8 Å². The molecule has 4 heterocycles. The Labute approximate surface area is 197 Å². The molecule has 8 heteroatoms. The van der Waals surface area contributed by atoms with Crippen LogP contribution in [-0.2, 0) is 6.42 Å². The second-order valence-electron chi connectivity index (χ2n) is 8.02. The minimum Gasteiger partial charge on any atom is -0.493 e. The lowest BCUT2D eigenvalue weighted by Gasteiger charge is -2.17. The molecule has 0 unspecified atom stereocenters. The molecular weight excluding hydrogens is 438 g/mol. The number of para-hydroxylation sites is 1. The van der Waals surface area contributed by atoms with E-state index in [2.05, 4.69) is 37.8 Å². The van der Waals surface area contributed by atoms with Crippen molar-refractivity contribution in [2.75, 3.05) is 25.5 Å². The number of anilines is 2. The SMILES string of the molecule is COc1c(Cl)cccc1Nc1c(-c2ccncc2C#C[C@H]2CCCN2)[nH]c2c1C(=O)NCC2. The van der Waals surface area contributed by atoms with Crippen LogP contribution >= 0.6 is 11.6 Å². The van der Waals surface area contributed by atoms with E-state index < -0.39 is 0 Å². The maximum Gasteiger partial charge on any atom is 0.255 e. The van der Waals surface area contributed by atoms with Gasteiger partial charge in [0, 0.05) is 36.6 Å². The van der Waals surface area contributed by atoms with Crippen molar-refractivity contribution in [1.29, 1.82) is 0 Å². The molecular formula is C25H24ClN5O2. The van der Waals surface area contributed by atoms with Crippen molar-refractivity contribution in [1.82, 2.24) is 20.6 Å². The zero-order valence-electron chi connectivity index (χ0n) is 18.2. The molecule has 0 radical (unpaired) electrons. The number of carbonyl (C=O) groups excluding carboxylic acids is 1. The summed E-state index contributed by atoms with van der Waals surface area (Å²) < 4.78 is 5.52. The minimum absolute atomic E-state index is 0.126. The molecule has 1 aromatic carbocycles. The summed E-state index contributed by atoms with van der Waals surface area (Å²) in [4.78, 5) is 20.6. The van der Waals surface area contributed by atoms with Gasteiger partial charge in [0.15, 0.2) is 5.75 Å². The monoisotopic (exact) mass is 461 g/mol. The largest absolute Gasteiger partial charge is 0.493 e. The summed E-state index contributed by atoms with van der Waals surface area (Å²) in [5, 5.41) is 10.2. The number of aromatic nitrogens is 2. The van der Waals surface area contributed by atoms with Crippen molar-refractivity contribution in [2.24, 2.45) is 0 Å². The molecule has 33 heavy (non-hydrogen) atoms. The van der Waals surface area contributed by atoms with E-state index in [0.29, 0.717) is 40.7 Å². The molecule has 3 aromatic rings. The molecule has 0 bridgehead atoms. The highest BCUT2D eigenvalue weighted by molar-refractivity contribution is 6.32. The highest BCUT2D eigenvalue weighted by Gasteiger charge is 2.28. The average molecular weight is 462 g/mol. The van der Waals surface area contributed by atoms with E-state index in [1.165, 1.54) is 0 Å². The number of rotatable bonds is 4. The normalized spacial score (nSPS) is 17.0. The first kappa shape index (κ1) is 21.4. The lowest BCUT2D eigenvalue weighted by Crippen LogP contribution is -2.31. The lowest BCUT2D eigenvalue weighted by atomic mass is 10.0. The second-order valence-corrected chi connectivity index (χ2v) is 8.43. The van der Waals surface area contributed by atoms with Crippen molar-refractivity contribution in [2.45, 2.75) is 25.3 Å². The second kappa shape index (κ2) is 9.18. The molecule has 2 aliphatic rings. The van der Waals surface area contributed by atoms with Crippen molar-refractivity contribution < 1.29 is 9.53 Å². The molecule has 2 aromatic heterocycles. The number of hydrogen-bond acceptors (Lipinski definition) is 5. The first-order valence-electron chi connectivity index (χ1n) is 11.0. The number of amides is 1. The van der Waals surface area contributed by atoms with Crippen LogP contribution < -0.4 is 20.7 Å². The number of aromatic amines is 1. The molecule has 0 aliphatic carbocycles. The first-order valence-corrected chi connectivity index (χ1v) is 11.4. The van der Waals surface area contributed by atoms with Crippen LogP contribution in [-0.4, -0.2) is 42.1 Å². The molecule has 5 rings (SSSR count). The number of nitrogens with one attached hydrogen (secondary N) is 4. The van der Waals surface area contributed by atoms with Crippen LogP contribution in [0.25, 0.3) is 11.3 Å². The van der Waals surface area contributed by atoms with Crippen LogP contribution in [0.15, 0.2) is 36.7 Å². The predicted octanol–water partition coefficient (Wildman–Crippen LogP) is 3.87. The van der Waals surface area contributed by atoms with Gasteiger partial charge in [-0.15, -0.1) is 0 Å². The zero-order valence-corrected chi connectivity index (χ0v) is 19.0. The third-order valence-corrected chi connectivity index (χ3v) is 6.23. The quantitative estimate of drug-likeness (QED) is 0.443. The number of benzene rings is 1. The van der Waals surface area contributed by atoms with Gasteiger partial charge >= 0.3 is 0 Å². The molecule has 1 saturated heterocycles. The van der Waals surface area contributed by atoms with E-state index >= 15 is 0 Å². The number of ether oxygens (including phenoxy) is 1. The minimum atomic E-state index is -0.126. The van der Waals surface area contributed by atoms with E-state index in [-0.39, 0.29) is 11.9 Å². The van der Waals surface area contributed by atoms with Gasteiger partial charge in [-0.3, -0.25) is 9.78 Å². The summed E-state index contributed by atoms with van der Waals surface area (Å²) in [6.07, 6.45) is 6.38. The zero-order chi connectivity index (χ0) is 22.8. The van der Waals surface area contributed by atoms with Crippen LogP contribution in [0.2, 0.25) is 5.02 Å². The van der Waals surface area contributed by atoms with Crippen LogP contribution in [0.1, 0.15) is 34.5 Å². The van der Waals surface area contributed by atoms with Gasteiger partial charge in [-0.1, -0.05) is 29.5 Å². The molecule has 1 amide bonds. The molecule has 0 saturated carbocycles. The number of halogens is 1. The molecule has 2 aliphatic heterocycles. The van der Waals surface area contributed by atoms with Crippen LogP contribution in [0.4, 0.5) is 11.4 Å². The highest BCUT2D eigenvalue weighted by atomic mass is 35.5. The summed E-state index contributed by atoms with van der Waals surface area (Å²) in [5.74, 6) is 7.01. The van der Waals surface area contributed by atoms with Crippen molar-refractivity contribution >= 4 is 28.9 Å². The number of methoxy groups -OCH3 is 1. The van der Waals surface area contributed by atoms with Crippen LogP contribution in [0.3, 0.4) is 0 Å². The summed E-state index contributed by atoms with van der Waals surface area (Å²) in [5.41, 5.74) is 5.26. The lowest BCUT2D eigenvalue weighted by molar-refractivity contribution is 0.0947. The summed E-state index contributed by atoms with van der Waals surface area (Å²) in [6.45, 7) is 1.58. The Bertz CT molecular complexity index is 1270. The average Bonchev–Trinajstić information content (AvgIpc) is 3.47. The van der Waals surface area contributed by atoms with E-state index in [1.54, 1.807) is 25.6 Å². The Kier molecular flexibility index (Phi) is 5.95. The van der Waals surface area contributed by atoms with Gasteiger partial charge in [-0.05, 0) is 37.6 Å². The number of carbonyl (C=O) groups is 1. The fraction of sp³-hybridized carbons (Fsp3) is 0.280.